The molecule has 0 unspecified atom stereocenters. The molecule has 5 nitrogen and oxygen atoms in total. The van der Waals surface area contributed by atoms with Gasteiger partial charge in [-0.2, -0.15) is 0 Å². The first kappa shape index (κ1) is 16.2. The lowest BCUT2D eigenvalue weighted by Gasteiger charge is -2.16. The molecule has 2 aromatic rings. The van der Waals surface area contributed by atoms with Crippen molar-refractivity contribution in [2.45, 2.75) is 4.90 Å². The van der Waals surface area contributed by atoms with Gasteiger partial charge in [0.15, 0.2) is 5.75 Å². The largest absolute Gasteiger partial charge is 0.744 e. The van der Waals surface area contributed by atoms with Gasteiger partial charge >= 0.3 is 0 Å². The van der Waals surface area contributed by atoms with Crippen LogP contribution in [0.3, 0.4) is 0 Å². The summed E-state index contributed by atoms with van der Waals surface area (Å²) < 4.78 is 38.9. The number of anilines is 1. The van der Waals surface area contributed by atoms with Gasteiger partial charge < -0.3 is 15.0 Å². The minimum atomic E-state index is -4.84. The molecule has 0 saturated heterocycles. The Kier molecular flexibility index (Phi) is 4.55. The second-order valence-corrected chi connectivity index (χ2v) is 6.49. The highest BCUT2D eigenvalue weighted by molar-refractivity contribution is 7.86. The third kappa shape index (κ3) is 3.53. The number of benzene rings is 2. The normalized spacial score (nSPS) is 11.4. The fourth-order valence-electron chi connectivity index (χ4n) is 1.57. The molecule has 9 heteroatoms. The molecule has 0 fully saturated rings. The maximum absolute atomic E-state index is 11.2. The maximum Gasteiger partial charge on any atom is 0.151 e. The molecular weight excluding hydrogens is 361 g/mol. The summed E-state index contributed by atoms with van der Waals surface area (Å²) in [7, 11) is -4.84. The van der Waals surface area contributed by atoms with Crippen molar-refractivity contribution in [3.8, 4) is 11.5 Å². The van der Waals surface area contributed by atoms with Gasteiger partial charge in [-0.1, -0.05) is 34.8 Å². The molecule has 0 atom stereocenters. The third-order valence-corrected chi connectivity index (χ3v) is 4.37. The Hall–Kier alpha value is -1.18. The number of ether oxygens (including phenoxy) is 1. The molecule has 0 spiro atoms. The Morgan fingerprint density at radius 3 is 2.19 bits per heavy atom. The average molecular weight is 368 g/mol. The lowest BCUT2D eigenvalue weighted by atomic mass is 10.3. The molecule has 0 bridgehead atoms. The summed E-state index contributed by atoms with van der Waals surface area (Å²) in [5.41, 5.74) is 5.25. The molecular formula is C12H7Cl3NO4S-. The second-order valence-electron chi connectivity index (χ2n) is 3.92. The van der Waals surface area contributed by atoms with Crippen LogP contribution in [0.25, 0.3) is 0 Å². The first-order chi connectivity index (χ1) is 9.70. The quantitative estimate of drug-likeness (QED) is 0.655. The molecule has 0 aliphatic rings. The van der Waals surface area contributed by atoms with E-state index in [-0.39, 0.29) is 27.2 Å². The second kappa shape index (κ2) is 5.90. The minimum absolute atomic E-state index is 0.0574. The first-order valence-corrected chi connectivity index (χ1v) is 7.91. The number of hydrogen-bond donors (Lipinski definition) is 1. The van der Waals surface area contributed by atoms with E-state index in [4.69, 9.17) is 45.3 Å². The summed E-state index contributed by atoms with van der Waals surface area (Å²) in [6.45, 7) is 0. The standard InChI is InChI=1S/C12H8Cl3NO4S/c13-6-1-3-9(8(15)5-6)20-10-4-2-7(14)12(11(10)16)21(17,18)19/h1-5H,16H2,(H,17,18,19)/p-1. The third-order valence-electron chi connectivity index (χ3n) is 2.47. The summed E-state index contributed by atoms with van der Waals surface area (Å²) >= 11 is 17.4. The van der Waals surface area contributed by atoms with E-state index in [0.717, 1.165) is 0 Å². The minimum Gasteiger partial charge on any atom is -0.744 e. The summed E-state index contributed by atoms with van der Waals surface area (Å²) in [4.78, 5) is -0.730. The van der Waals surface area contributed by atoms with Crippen LogP contribution in [-0.2, 0) is 10.1 Å². The van der Waals surface area contributed by atoms with Crippen molar-refractivity contribution in [3.63, 3.8) is 0 Å². The number of rotatable bonds is 3. The SMILES string of the molecule is Nc1c(Oc2ccc(Cl)cc2Cl)ccc(Cl)c1S(=O)(=O)[O-]. The predicted octanol–water partition coefficient (Wildman–Crippen LogP) is 3.93. The molecule has 0 aromatic heterocycles. The lowest BCUT2D eigenvalue weighted by molar-refractivity contribution is 0.460. The van der Waals surface area contributed by atoms with Gasteiger partial charge in [-0.15, -0.1) is 0 Å². The predicted molar refractivity (Wildman–Crippen MR) is 80.4 cm³/mol. The molecule has 112 valence electrons. The Labute approximate surface area is 135 Å². The Balaban J connectivity index is 2.51. The van der Waals surface area contributed by atoms with E-state index >= 15 is 0 Å². The zero-order valence-corrected chi connectivity index (χ0v) is 13.2. The van der Waals surface area contributed by atoms with E-state index in [1.807, 2.05) is 0 Å². The van der Waals surface area contributed by atoms with E-state index < -0.39 is 15.0 Å². The van der Waals surface area contributed by atoms with Gasteiger partial charge in [0.25, 0.3) is 0 Å². The highest BCUT2D eigenvalue weighted by Gasteiger charge is 2.17. The van der Waals surface area contributed by atoms with E-state index in [1.54, 1.807) is 0 Å². The number of nitrogen functional groups attached to an aromatic ring is 1. The molecule has 0 aliphatic carbocycles. The first-order valence-electron chi connectivity index (χ1n) is 5.37. The summed E-state index contributed by atoms with van der Waals surface area (Å²) in [6.07, 6.45) is 0. The van der Waals surface area contributed by atoms with Gasteiger partial charge in [0.05, 0.1) is 20.6 Å². The lowest BCUT2D eigenvalue weighted by Crippen LogP contribution is -2.06. The van der Waals surface area contributed by atoms with E-state index in [1.165, 1.54) is 30.3 Å². The monoisotopic (exact) mass is 366 g/mol. The van der Waals surface area contributed by atoms with E-state index in [9.17, 15) is 13.0 Å². The molecule has 21 heavy (non-hydrogen) atoms. The topological polar surface area (TPSA) is 92.5 Å². The molecule has 0 heterocycles. The number of halogens is 3. The van der Waals surface area contributed by atoms with Crippen LogP contribution in [0, 0.1) is 0 Å². The van der Waals surface area contributed by atoms with Crippen LogP contribution in [0.4, 0.5) is 5.69 Å². The van der Waals surface area contributed by atoms with Crippen molar-refractivity contribution in [1.82, 2.24) is 0 Å². The zero-order chi connectivity index (χ0) is 15.8. The highest BCUT2D eigenvalue weighted by atomic mass is 35.5. The van der Waals surface area contributed by atoms with Gasteiger partial charge in [0, 0.05) is 5.02 Å². The molecule has 2 aromatic carbocycles. The van der Waals surface area contributed by atoms with Gasteiger partial charge in [-0.05, 0) is 30.3 Å². The highest BCUT2D eigenvalue weighted by Crippen LogP contribution is 2.39. The van der Waals surface area contributed by atoms with Gasteiger partial charge in [-0.3, -0.25) is 0 Å². The van der Waals surface area contributed by atoms with Crippen LogP contribution in [-0.4, -0.2) is 13.0 Å². The smallest absolute Gasteiger partial charge is 0.151 e. The van der Waals surface area contributed by atoms with Crippen LogP contribution >= 0.6 is 34.8 Å². The van der Waals surface area contributed by atoms with Crippen molar-refractivity contribution in [2.24, 2.45) is 0 Å². The summed E-state index contributed by atoms with van der Waals surface area (Å²) in [6, 6.07) is 6.97. The molecule has 0 aliphatic heterocycles. The Morgan fingerprint density at radius 1 is 1.00 bits per heavy atom. The fraction of sp³-hybridized carbons (Fsp3) is 0. The van der Waals surface area contributed by atoms with Crippen molar-refractivity contribution in [2.75, 3.05) is 5.73 Å². The van der Waals surface area contributed by atoms with Crippen molar-refractivity contribution >= 4 is 50.6 Å². The van der Waals surface area contributed by atoms with Gasteiger partial charge in [0.1, 0.15) is 15.9 Å². The van der Waals surface area contributed by atoms with Crippen LogP contribution in [0.1, 0.15) is 0 Å². The van der Waals surface area contributed by atoms with Crippen LogP contribution in [0.5, 0.6) is 11.5 Å². The van der Waals surface area contributed by atoms with Gasteiger partial charge in [0.2, 0.25) is 0 Å². The van der Waals surface area contributed by atoms with E-state index in [2.05, 4.69) is 0 Å². The molecule has 2 N–H and O–H groups in total. The van der Waals surface area contributed by atoms with Crippen LogP contribution in [0.2, 0.25) is 15.1 Å². The fourth-order valence-corrected chi connectivity index (χ4v) is 3.15. The molecule has 0 saturated carbocycles. The Bertz CT molecular complexity index is 808. The molecule has 0 radical (unpaired) electrons. The number of nitrogens with two attached hydrogens (primary N) is 1. The van der Waals surface area contributed by atoms with Crippen LogP contribution < -0.4 is 10.5 Å². The molecule has 0 amide bonds. The van der Waals surface area contributed by atoms with Crippen molar-refractivity contribution < 1.29 is 17.7 Å². The van der Waals surface area contributed by atoms with Crippen molar-refractivity contribution in [1.29, 1.82) is 0 Å². The Morgan fingerprint density at radius 2 is 1.62 bits per heavy atom. The summed E-state index contributed by atoms with van der Waals surface area (Å²) in [5.74, 6) is 0.141. The average Bonchev–Trinajstić information content (AvgIpc) is 2.34. The molecule has 2 rings (SSSR count). The summed E-state index contributed by atoms with van der Waals surface area (Å²) in [5, 5.41) is 0.319. The maximum atomic E-state index is 11.2. The van der Waals surface area contributed by atoms with Gasteiger partial charge in [-0.25, -0.2) is 8.42 Å². The van der Waals surface area contributed by atoms with E-state index in [0.29, 0.717) is 5.02 Å². The van der Waals surface area contributed by atoms with Crippen LogP contribution in [0.15, 0.2) is 35.2 Å². The number of hydrogen-bond acceptors (Lipinski definition) is 5. The van der Waals surface area contributed by atoms with Crippen molar-refractivity contribution in [3.05, 3.63) is 45.4 Å². The zero-order valence-electron chi connectivity index (χ0n) is 10.1.